The van der Waals surface area contributed by atoms with Crippen molar-refractivity contribution < 1.29 is 9.47 Å². The van der Waals surface area contributed by atoms with Crippen LogP contribution in [-0.2, 0) is 9.47 Å². The maximum atomic E-state index is 6.25. The van der Waals surface area contributed by atoms with E-state index >= 15 is 0 Å². The number of hydrogen-bond donors (Lipinski definition) is 1. The third-order valence-corrected chi connectivity index (χ3v) is 4.56. The molecule has 1 unspecified atom stereocenters. The van der Waals surface area contributed by atoms with Gasteiger partial charge in [-0.1, -0.05) is 78.1 Å². The van der Waals surface area contributed by atoms with Crippen molar-refractivity contribution in [2.24, 2.45) is 5.73 Å². The molecule has 0 aromatic heterocycles. The summed E-state index contributed by atoms with van der Waals surface area (Å²) in [6.45, 7) is 10.8. The average molecular weight is 344 g/mol. The molecule has 0 bridgehead atoms. The molecule has 0 radical (unpaired) electrons. The van der Waals surface area contributed by atoms with E-state index in [-0.39, 0.29) is 11.6 Å². The molecule has 2 N–H and O–H groups in total. The molecule has 0 fully saturated rings. The van der Waals surface area contributed by atoms with Gasteiger partial charge in [-0.05, 0) is 26.7 Å². The van der Waals surface area contributed by atoms with Crippen LogP contribution in [-0.4, -0.2) is 31.5 Å². The van der Waals surface area contributed by atoms with Crippen LogP contribution in [0.25, 0.3) is 0 Å². The molecule has 1 atom stereocenters. The largest absolute Gasteiger partial charge is 0.379 e. The van der Waals surface area contributed by atoms with Crippen molar-refractivity contribution in [2.45, 2.75) is 116 Å². The van der Waals surface area contributed by atoms with Crippen molar-refractivity contribution in [3.05, 3.63) is 0 Å². The molecule has 0 heterocycles. The van der Waals surface area contributed by atoms with Crippen LogP contribution in [0.1, 0.15) is 105 Å². The van der Waals surface area contributed by atoms with E-state index in [1.54, 1.807) is 0 Å². The van der Waals surface area contributed by atoms with E-state index in [4.69, 9.17) is 15.2 Å². The van der Waals surface area contributed by atoms with Crippen LogP contribution in [0.2, 0.25) is 0 Å². The van der Waals surface area contributed by atoms with Gasteiger partial charge in [0, 0.05) is 18.8 Å². The maximum absolute atomic E-state index is 6.25. The molecule has 0 aliphatic heterocycles. The Labute approximate surface area is 152 Å². The first-order valence-electron chi connectivity index (χ1n) is 10.5. The highest BCUT2D eigenvalue weighted by Crippen LogP contribution is 2.13. The third-order valence-electron chi connectivity index (χ3n) is 4.56. The van der Waals surface area contributed by atoms with E-state index in [2.05, 4.69) is 13.8 Å². The molecule has 0 aromatic rings. The van der Waals surface area contributed by atoms with Gasteiger partial charge in [-0.15, -0.1) is 0 Å². The Morgan fingerprint density at radius 2 is 1.17 bits per heavy atom. The summed E-state index contributed by atoms with van der Waals surface area (Å²) in [5, 5.41) is 0. The van der Waals surface area contributed by atoms with Crippen molar-refractivity contribution in [1.82, 2.24) is 0 Å². The van der Waals surface area contributed by atoms with Gasteiger partial charge in [0.1, 0.15) is 0 Å². The minimum absolute atomic E-state index is 0.00627. The highest BCUT2D eigenvalue weighted by molar-refractivity contribution is 4.83. The Morgan fingerprint density at radius 3 is 1.67 bits per heavy atom. The molecular formula is C21H45NO2. The van der Waals surface area contributed by atoms with Crippen LogP contribution in [0.4, 0.5) is 0 Å². The highest BCUT2D eigenvalue weighted by atomic mass is 16.5. The second kappa shape index (κ2) is 16.4. The SMILES string of the molecule is CCCCCCCCOCC(OCCCCCCCC)C(C)(C)N. The van der Waals surface area contributed by atoms with E-state index in [1.165, 1.54) is 64.2 Å². The minimum atomic E-state index is -0.344. The van der Waals surface area contributed by atoms with E-state index in [0.717, 1.165) is 26.1 Å². The third kappa shape index (κ3) is 15.4. The first-order valence-corrected chi connectivity index (χ1v) is 10.5. The van der Waals surface area contributed by atoms with E-state index in [1.807, 2.05) is 13.8 Å². The molecule has 0 aliphatic rings. The quantitative estimate of drug-likeness (QED) is 0.318. The lowest BCUT2D eigenvalue weighted by atomic mass is 9.99. The molecule has 146 valence electrons. The van der Waals surface area contributed by atoms with Crippen molar-refractivity contribution in [2.75, 3.05) is 19.8 Å². The summed E-state index contributed by atoms with van der Waals surface area (Å²) in [7, 11) is 0. The van der Waals surface area contributed by atoms with Gasteiger partial charge in [-0.3, -0.25) is 0 Å². The Balaban J connectivity index is 3.68. The molecule has 24 heavy (non-hydrogen) atoms. The average Bonchev–Trinajstić information content (AvgIpc) is 2.53. The molecule has 0 aliphatic carbocycles. The van der Waals surface area contributed by atoms with Gasteiger partial charge in [0.2, 0.25) is 0 Å². The fourth-order valence-corrected chi connectivity index (χ4v) is 2.76. The second-order valence-electron chi connectivity index (χ2n) is 7.79. The highest BCUT2D eigenvalue weighted by Gasteiger charge is 2.26. The van der Waals surface area contributed by atoms with Gasteiger partial charge in [0.05, 0.1) is 12.7 Å². The lowest BCUT2D eigenvalue weighted by Crippen LogP contribution is -2.49. The van der Waals surface area contributed by atoms with Crippen LogP contribution >= 0.6 is 0 Å². The zero-order valence-electron chi connectivity index (χ0n) is 17.1. The topological polar surface area (TPSA) is 44.5 Å². The Kier molecular flexibility index (Phi) is 16.3. The monoisotopic (exact) mass is 343 g/mol. The number of nitrogens with two attached hydrogens (primary N) is 1. The van der Waals surface area contributed by atoms with Crippen LogP contribution < -0.4 is 5.73 Å². The summed E-state index contributed by atoms with van der Waals surface area (Å²) in [4.78, 5) is 0. The number of rotatable bonds is 18. The number of ether oxygens (including phenoxy) is 2. The van der Waals surface area contributed by atoms with Crippen molar-refractivity contribution in [1.29, 1.82) is 0 Å². The van der Waals surface area contributed by atoms with Crippen LogP contribution in [0, 0.1) is 0 Å². The van der Waals surface area contributed by atoms with Crippen LogP contribution in [0.3, 0.4) is 0 Å². The van der Waals surface area contributed by atoms with Crippen LogP contribution in [0.15, 0.2) is 0 Å². The van der Waals surface area contributed by atoms with Gasteiger partial charge >= 0.3 is 0 Å². The first-order chi connectivity index (χ1) is 11.5. The van der Waals surface area contributed by atoms with Gasteiger partial charge in [0.15, 0.2) is 0 Å². The molecule has 0 saturated heterocycles. The zero-order chi connectivity index (χ0) is 18.1. The minimum Gasteiger partial charge on any atom is -0.379 e. The Hall–Kier alpha value is -0.120. The Bertz CT molecular complexity index is 251. The summed E-state index contributed by atoms with van der Waals surface area (Å²) < 4.78 is 11.9. The Morgan fingerprint density at radius 1 is 0.708 bits per heavy atom. The molecule has 3 heteroatoms. The normalized spacial score (nSPS) is 13.4. The summed E-state index contributed by atoms with van der Waals surface area (Å²) >= 11 is 0. The van der Waals surface area contributed by atoms with Crippen molar-refractivity contribution in [3.8, 4) is 0 Å². The van der Waals surface area contributed by atoms with Crippen molar-refractivity contribution in [3.63, 3.8) is 0 Å². The number of hydrogen-bond acceptors (Lipinski definition) is 3. The van der Waals surface area contributed by atoms with Crippen LogP contribution in [0.5, 0.6) is 0 Å². The predicted octanol–water partition coefficient (Wildman–Crippen LogP) is 5.85. The molecule has 0 aromatic carbocycles. The zero-order valence-corrected chi connectivity index (χ0v) is 17.1. The lowest BCUT2D eigenvalue weighted by molar-refractivity contribution is -0.0494. The summed E-state index contributed by atoms with van der Waals surface area (Å²) in [5.41, 5.74) is 5.91. The molecule has 0 rings (SSSR count). The van der Waals surface area contributed by atoms with Gasteiger partial charge in [-0.25, -0.2) is 0 Å². The van der Waals surface area contributed by atoms with Gasteiger partial charge in [0.25, 0.3) is 0 Å². The lowest BCUT2D eigenvalue weighted by Gasteiger charge is -2.30. The smallest absolute Gasteiger partial charge is 0.0981 e. The maximum Gasteiger partial charge on any atom is 0.0981 e. The fraction of sp³-hybridized carbons (Fsp3) is 1.00. The van der Waals surface area contributed by atoms with Gasteiger partial charge < -0.3 is 15.2 Å². The number of unbranched alkanes of at least 4 members (excludes halogenated alkanes) is 10. The molecule has 0 spiro atoms. The first kappa shape index (κ1) is 23.9. The molecule has 3 nitrogen and oxygen atoms in total. The fourth-order valence-electron chi connectivity index (χ4n) is 2.76. The second-order valence-corrected chi connectivity index (χ2v) is 7.79. The van der Waals surface area contributed by atoms with Crippen molar-refractivity contribution >= 4 is 0 Å². The standard InChI is InChI=1S/C21H45NO2/c1-5-7-9-11-13-15-17-23-19-20(21(3,4)22)24-18-16-14-12-10-8-6-2/h20H,5-19,22H2,1-4H3. The van der Waals surface area contributed by atoms with E-state index in [9.17, 15) is 0 Å². The molecular weight excluding hydrogens is 298 g/mol. The summed E-state index contributed by atoms with van der Waals surface area (Å²) in [6, 6.07) is 0. The molecule has 0 amide bonds. The summed E-state index contributed by atoms with van der Waals surface area (Å²) in [5.74, 6) is 0. The molecule has 0 saturated carbocycles. The van der Waals surface area contributed by atoms with E-state index < -0.39 is 0 Å². The summed E-state index contributed by atoms with van der Waals surface area (Å²) in [6.07, 6.45) is 15.5. The predicted molar refractivity (Wildman–Crippen MR) is 106 cm³/mol. The van der Waals surface area contributed by atoms with E-state index in [0.29, 0.717) is 6.61 Å². The van der Waals surface area contributed by atoms with Gasteiger partial charge in [-0.2, -0.15) is 0 Å².